The van der Waals surface area contributed by atoms with Gasteiger partial charge in [-0.1, -0.05) is 0 Å². The van der Waals surface area contributed by atoms with Crippen LogP contribution in [0, 0.1) is 0 Å². The van der Waals surface area contributed by atoms with Crippen LogP contribution in [0.1, 0.15) is 17.3 Å². The molecular formula is C16H14BrN5O3. The molecule has 128 valence electrons. The third-order valence-electron chi connectivity index (χ3n) is 3.66. The van der Waals surface area contributed by atoms with Gasteiger partial charge >= 0.3 is 0 Å². The van der Waals surface area contributed by atoms with Crippen molar-refractivity contribution in [1.29, 1.82) is 0 Å². The van der Waals surface area contributed by atoms with Crippen LogP contribution in [0.5, 0.6) is 0 Å². The molecule has 0 saturated carbocycles. The van der Waals surface area contributed by atoms with Gasteiger partial charge in [-0.05, 0) is 47.1 Å². The van der Waals surface area contributed by atoms with Crippen LogP contribution >= 0.6 is 15.9 Å². The molecule has 1 amide bonds. The number of aryl methyl sites for hydroxylation is 1. The van der Waals surface area contributed by atoms with Crippen LogP contribution in [0.25, 0.3) is 11.0 Å². The molecule has 25 heavy (non-hydrogen) atoms. The summed E-state index contributed by atoms with van der Waals surface area (Å²) in [4.78, 5) is 40.1. The molecule has 3 aromatic rings. The molecule has 2 heterocycles. The van der Waals surface area contributed by atoms with E-state index in [0.717, 1.165) is 0 Å². The van der Waals surface area contributed by atoms with E-state index in [4.69, 9.17) is 0 Å². The molecule has 0 saturated heterocycles. The van der Waals surface area contributed by atoms with Crippen molar-refractivity contribution < 1.29 is 9.59 Å². The summed E-state index contributed by atoms with van der Waals surface area (Å²) < 4.78 is 3.09. The lowest BCUT2D eigenvalue weighted by Crippen LogP contribution is -2.28. The fraction of sp³-hybridized carbons (Fsp3) is 0.188. The number of carbonyl (C=O) groups excluding carboxylic acids is 2. The van der Waals surface area contributed by atoms with E-state index >= 15 is 0 Å². The fourth-order valence-electron chi connectivity index (χ4n) is 2.39. The molecule has 2 aromatic heterocycles. The number of nitrogens with zero attached hydrogens (tertiary/aromatic N) is 4. The molecule has 0 aliphatic rings. The van der Waals surface area contributed by atoms with E-state index in [0.29, 0.717) is 26.9 Å². The summed E-state index contributed by atoms with van der Waals surface area (Å²) in [6, 6.07) is 6.53. The molecule has 9 heteroatoms. The number of hydrogen-bond donors (Lipinski definition) is 1. The molecule has 1 aromatic carbocycles. The van der Waals surface area contributed by atoms with Crippen molar-refractivity contribution in [1.82, 2.24) is 19.3 Å². The van der Waals surface area contributed by atoms with Crippen molar-refractivity contribution in [3.8, 4) is 0 Å². The smallest absolute Gasteiger partial charge is 0.266 e. The summed E-state index contributed by atoms with van der Waals surface area (Å²) >= 11 is 3.23. The Bertz CT molecular complexity index is 1040. The van der Waals surface area contributed by atoms with Crippen LogP contribution in [0.3, 0.4) is 0 Å². The second-order valence-corrected chi connectivity index (χ2v) is 6.22. The van der Waals surface area contributed by atoms with E-state index in [1.165, 1.54) is 22.5 Å². The van der Waals surface area contributed by atoms with Crippen LogP contribution in [0.15, 0.2) is 40.0 Å². The molecule has 3 rings (SSSR count). The molecule has 0 aliphatic carbocycles. The molecular weight excluding hydrogens is 390 g/mol. The molecule has 0 fully saturated rings. The molecule has 1 N–H and O–H groups in total. The number of benzene rings is 1. The van der Waals surface area contributed by atoms with Gasteiger partial charge in [-0.3, -0.25) is 19.0 Å². The fourth-order valence-corrected chi connectivity index (χ4v) is 2.98. The lowest BCUT2D eigenvalue weighted by atomic mass is 10.1. The van der Waals surface area contributed by atoms with Crippen molar-refractivity contribution in [3.05, 3.63) is 51.1 Å². The minimum atomic E-state index is -0.376. The summed E-state index contributed by atoms with van der Waals surface area (Å²) in [6.07, 6.45) is 1.32. The second-order valence-electron chi connectivity index (χ2n) is 5.47. The number of anilines is 1. The summed E-state index contributed by atoms with van der Waals surface area (Å²) in [6.45, 7) is 1.29. The Morgan fingerprint density at radius 1 is 1.24 bits per heavy atom. The first-order valence-corrected chi connectivity index (χ1v) is 8.14. The molecule has 0 atom stereocenters. The van der Waals surface area contributed by atoms with E-state index < -0.39 is 0 Å². The van der Waals surface area contributed by atoms with Crippen molar-refractivity contribution in [3.63, 3.8) is 0 Å². The number of nitrogens with one attached hydrogen (secondary N) is 1. The highest BCUT2D eigenvalue weighted by atomic mass is 79.9. The van der Waals surface area contributed by atoms with Gasteiger partial charge in [0.25, 0.3) is 5.56 Å². The average Bonchev–Trinajstić information content (AvgIpc) is 2.85. The van der Waals surface area contributed by atoms with Gasteiger partial charge in [0, 0.05) is 18.3 Å². The lowest BCUT2D eigenvalue weighted by Gasteiger charge is -2.08. The van der Waals surface area contributed by atoms with Crippen LogP contribution in [0.4, 0.5) is 5.69 Å². The second kappa shape index (κ2) is 6.60. The number of amides is 1. The Kier molecular flexibility index (Phi) is 4.49. The Balaban J connectivity index is 1.80. The number of rotatable bonds is 4. The maximum Gasteiger partial charge on any atom is 0.266 e. The summed E-state index contributed by atoms with van der Waals surface area (Å²) in [5.41, 5.74) is 1.19. The molecule has 0 unspecified atom stereocenters. The van der Waals surface area contributed by atoms with Gasteiger partial charge in [-0.25, -0.2) is 9.67 Å². The highest BCUT2D eigenvalue weighted by Gasteiger charge is 2.15. The monoisotopic (exact) mass is 403 g/mol. The maximum atomic E-state index is 12.5. The average molecular weight is 404 g/mol. The van der Waals surface area contributed by atoms with Crippen molar-refractivity contribution in [2.75, 3.05) is 5.32 Å². The Morgan fingerprint density at radius 3 is 2.56 bits per heavy atom. The topological polar surface area (TPSA) is 98.9 Å². The van der Waals surface area contributed by atoms with E-state index in [1.54, 1.807) is 31.3 Å². The van der Waals surface area contributed by atoms with E-state index in [9.17, 15) is 14.4 Å². The predicted molar refractivity (Wildman–Crippen MR) is 95.5 cm³/mol. The first-order chi connectivity index (χ1) is 11.9. The van der Waals surface area contributed by atoms with Gasteiger partial charge in [-0.2, -0.15) is 5.10 Å². The quantitative estimate of drug-likeness (QED) is 0.668. The van der Waals surface area contributed by atoms with Gasteiger partial charge in [0.15, 0.2) is 11.4 Å². The molecule has 0 bridgehead atoms. The van der Waals surface area contributed by atoms with E-state index in [-0.39, 0.29) is 23.8 Å². The van der Waals surface area contributed by atoms with Crippen molar-refractivity contribution in [2.24, 2.45) is 7.05 Å². The number of aromatic nitrogens is 4. The maximum absolute atomic E-state index is 12.5. The van der Waals surface area contributed by atoms with Crippen molar-refractivity contribution >= 4 is 44.3 Å². The van der Waals surface area contributed by atoms with Crippen LogP contribution < -0.4 is 10.9 Å². The number of carbonyl (C=O) groups is 2. The Hall–Kier alpha value is -2.81. The lowest BCUT2D eigenvalue weighted by molar-refractivity contribution is -0.116. The van der Waals surface area contributed by atoms with Crippen LogP contribution in [0.2, 0.25) is 0 Å². The third-order valence-corrected chi connectivity index (χ3v) is 4.21. The summed E-state index contributed by atoms with van der Waals surface area (Å²) in [5.74, 6) is -0.426. The highest BCUT2D eigenvalue weighted by Crippen LogP contribution is 2.16. The van der Waals surface area contributed by atoms with Crippen molar-refractivity contribution in [2.45, 2.75) is 13.5 Å². The predicted octanol–water partition coefficient (Wildman–Crippen LogP) is 1.73. The Labute approximate surface area is 150 Å². The number of hydrogen-bond acceptors (Lipinski definition) is 5. The summed E-state index contributed by atoms with van der Waals surface area (Å²) in [7, 11) is 1.68. The normalized spacial score (nSPS) is 10.8. The first kappa shape index (κ1) is 17.0. The molecule has 8 nitrogen and oxygen atoms in total. The van der Waals surface area contributed by atoms with E-state index in [1.807, 2.05) is 0 Å². The molecule has 0 radical (unpaired) electrons. The standard InChI is InChI=1S/C16H14BrN5O3/c1-9(23)10-3-5-11(6-4-10)19-12(24)7-22-8-18-15-13(16(22)25)14(17)20-21(15)2/h3-6,8H,7H2,1-2H3,(H,19,24). The van der Waals surface area contributed by atoms with Crippen LogP contribution in [-0.4, -0.2) is 31.0 Å². The van der Waals surface area contributed by atoms with Gasteiger partial charge in [0.2, 0.25) is 5.91 Å². The number of Topliss-reactive ketones (excluding diaryl/α,β-unsaturated/α-hetero) is 1. The van der Waals surface area contributed by atoms with Gasteiger partial charge in [0.1, 0.15) is 22.9 Å². The largest absolute Gasteiger partial charge is 0.325 e. The number of fused-ring (bicyclic) bond motifs is 1. The molecule has 0 spiro atoms. The van der Waals surface area contributed by atoms with Crippen LogP contribution in [-0.2, 0) is 18.4 Å². The first-order valence-electron chi connectivity index (χ1n) is 7.35. The highest BCUT2D eigenvalue weighted by molar-refractivity contribution is 9.10. The zero-order valence-electron chi connectivity index (χ0n) is 13.5. The minimum Gasteiger partial charge on any atom is -0.325 e. The third kappa shape index (κ3) is 3.36. The van der Waals surface area contributed by atoms with Gasteiger partial charge in [-0.15, -0.1) is 0 Å². The SMILES string of the molecule is CC(=O)c1ccc(NC(=O)Cn2cnc3c(c(Br)nn3C)c2=O)cc1. The zero-order chi connectivity index (χ0) is 18.1. The Morgan fingerprint density at radius 2 is 1.92 bits per heavy atom. The van der Waals surface area contributed by atoms with E-state index in [2.05, 4.69) is 31.3 Å². The molecule has 0 aliphatic heterocycles. The number of ketones is 1. The minimum absolute atomic E-state index is 0.0501. The zero-order valence-corrected chi connectivity index (χ0v) is 15.1. The van der Waals surface area contributed by atoms with Gasteiger partial charge in [0.05, 0.1) is 0 Å². The number of halogens is 1. The summed E-state index contributed by atoms with van der Waals surface area (Å²) in [5, 5.41) is 7.10. The van der Waals surface area contributed by atoms with Gasteiger partial charge < -0.3 is 5.32 Å².